The molecule has 0 radical (unpaired) electrons. The molecule has 0 atom stereocenters. The molecular weight excluding hydrogens is 872 g/mol. The zero-order valence-corrected chi connectivity index (χ0v) is 32.9. The molecule has 3 heterocycles. The van der Waals surface area contributed by atoms with Crippen molar-refractivity contribution in [3.63, 3.8) is 0 Å². The number of alkyl halides is 8. The normalized spacial score (nSPS) is 16.0. The topological polar surface area (TPSA) is 182 Å². The first-order chi connectivity index (χ1) is 27.4. The van der Waals surface area contributed by atoms with Crippen LogP contribution < -0.4 is 20.9 Å². The van der Waals surface area contributed by atoms with Gasteiger partial charge in [-0.15, -0.1) is 0 Å². The van der Waals surface area contributed by atoms with E-state index in [1.165, 1.54) is 17.0 Å². The van der Waals surface area contributed by atoms with Crippen LogP contribution in [-0.2, 0) is 32.7 Å². The van der Waals surface area contributed by atoms with E-state index in [0.29, 0.717) is 37.9 Å². The van der Waals surface area contributed by atoms with Gasteiger partial charge in [-0.3, -0.25) is 34.6 Å². The fourth-order valence-corrected chi connectivity index (χ4v) is 6.40. The van der Waals surface area contributed by atoms with E-state index in [2.05, 4.69) is 21.2 Å². The lowest BCUT2D eigenvalue weighted by Gasteiger charge is -2.30. The summed E-state index contributed by atoms with van der Waals surface area (Å²) in [6.07, 6.45) is -2.86. The molecule has 13 nitrogen and oxygen atoms in total. The van der Waals surface area contributed by atoms with E-state index in [-0.39, 0.29) is 53.3 Å². The van der Waals surface area contributed by atoms with Crippen LogP contribution in [0, 0.1) is 20.2 Å². The molecular formula is C37H41BrF8N6O7. The van der Waals surface area contributed by atoms with E-state index in [0.717, 1.165) is 74.7 Å². The Morgan fingerprint density at radius 3 is 1.53 bits per heavy atom. The minimum absolute atomic E-state index is 0. The summed E-state index contributed by atoms with van der Waals surface area (Å²) in [5, 5.41) is 23.5. The summed E-state index contributed by atoms with van der Waals surface area (Å²) in [7, 11) is 0. The standard InChI is InChI=1S/C13H16F2N2O.C12H11F3N2O3.C7H3BrF3NO2.C5H9NO.H2/c1-13(14,15)10-8-9(16)5-6-11(10)17-7-3-2-4-12(17)18;13-12(14,15)9-7-8(17(19)20)4-5-10(9)16-6-2-1-3-11(16)18;8-6-2-1-4(12(13)14)3-5(6)7(9,10)11;7-5-3-1-2-4-6-5;/h5-6,8H,2-4,7,16H2,1H3;4-5,7H,1-3,6H2;1-3H;1-4H2,(H,6,7);1H. The van der Waals surface area contributed by atoms with Crippen molar-refractivity contribution in [3.05, 3.63) is 96.0 Å². The number of anilines is 3. The molecule has 3 saturated heterocycles. The number of non-ortho nitro benzene ring substituents is 2. The van der Waals surface area contributed by atoms with Gasteiger partial charge in [-0.25, -0.2) is 8.78 Å². The second-order valence-corrected chi connectivity index (χ2v) is 14.2. The maximum atomic E-state index is 13.6. The molecule has 0 unspecified atom stereocenters. The van der Waals surface area contributed by atoms with Gasteiger partial charge < -0.3 is 20.9 Å². The number of nitrogens with two attached hydrogens (primary N) is 1. The largest absolute Gasteiger partial charge is 0.418 e. The van der Waals surface area contributed by atoms with Crippen LogP contribution in [0.2, 0.25) is 0 Å². The lowest BCUT2D eigenvalue weighted by molar-refractivity contribution is -0.385. The summed E-state index contributed by atoms with van der Waals surface area (Å²) in [4.78, 5) is 55.4. The molecule has 22 heteroatoms. The van der Waals surface area contributed by atoms with Crippen LogP contribution in [0.4, 0.5) is 63.6 Å². The number of carbonyl (C=O) groups excluding carboxylic acids is 3. The van der Waals surface area contributed by atoms with Crippen LogP contribution in [0.1, 0.15) is 82.8 Å². The van der Waals surface area contributed by atoms with E-state index in [1.54, 1.807) is 6.07 Å². The predicted molar refractivity (Wildman–Crippen MR) is 206 cm³/mol. The Morgan fingerprint density at radius 2 is 1.12 bits per heavy atom. The highest BCUT2D eigenvalue weighted by Gasteiger charge is 2.38. The van der Waals surface area contributed by atoms with Gasteiger partial charge in [-0.05, 0) is 68.9 Å². The molecule has 3 aromatic carbocycles. The maximum Gasteiger partial charge on any atom is 0.418 e. The van der Waals surface area contributed by atoms with E-state index in [1.807, 2.05) is 0 Å². The molecule has 0 bridgehead atoms. The molecule has 0 aliphatic carbocycles. The molecule has 3 fully saturated rings. The van der Waals surface area contributed by atoms with Crippen molar-refractivity contribution in [2.45, 2.75) is 83.0 Å². The second-order valence-electron chi connectivity index (χ2n) is 13.4. The fourth-order valence-electron chi connectivity index (χ4n) is 5.93. The number of nitro benzene ring substituents is 2. The summed E-state index contributed by atoms with van der Waals surface area (Å²) in [6.45, 7) is 2.39. The molecule has 3 aliphatic rings. The number of carbonyl (C=O) groups is 3. The van der Waals surface area contributed by atoms with Crippen LogP contribution in [0.25, 0.3) is 0 Å². The van der Waals surface area contributed by atoms with Gasteiger partial charge >= 0.3 is 12.4 Å². The number of nitrogens with one attached hydrogen (secondary N) is 1. The van der Waals surface area contributed by atoms with Gasteiger partial charge in [0, 0.05) is 87.2 Å². The average molecular weight is 914 g/mol. The van der Waals surface area contributed by atoms with Gasteiger partial charge in [-0.1, -0.05) is 15.9 Å². The zero-order chi connectivity index (χ0) is 44.3. The summed E-state index contributed by atoms with van der Waals surface area (Å²) < 4.78 is 103. The van der Waals surface area contributed by atoms with E-state index in [9.17, 15) is 69.7 Å². The van der Waals surface area contributed by atoms with Crippen molar-refractivity contribution in [1.29, 1.82) is 0 Å². The SMILES string of the molecule is CC(F)(F)c1cc(N)ccc1N1CCCCC1=O.O=C1CCCCN1.O=C1CCCCN1c1ccc([N+](=O)[O-])cc1C(F)(F)F.O=[N+]([O-])c1ccc(Br)c(C(F)(F)F)c1.[HH]. The lowest BCUT2D eigenvalue weighted by atomic mass is 10.0. The average Bonchev–Trinajstić information content (AvgIpc) is 3.15. The van der Waals surface area contributed by atoms with Crippen LogP contribution >= 0.6 is 15.9 Å². The van der Waals surface area contributed by atoms with E-state index in [4.69, 9.17) is 5.73 Å². The number of nitrogen functional groups attached to an aromatic ring is 1. The van der Waals surface area contributed by atoms with Gasteiger partial charge in [0.2, 0.25) is 17.7 Å². The monoisotopic (exact) mass is 912 g/mol. The molecule has 3 N–H and O–H groups in total. The van der Waals surface area contributed by atoms with Crippen molar-refractivity contribution >= 4 is 62.1 Å². The van der Waals surface area contributed by atoms with Crippen molar-refractivity contribution in [2.24, 2.45) is 0 Å². The van der Waals surface area contributed by atoms with Crippen molar-refractivity contribution < 1.29 is 60.8 Å². The summed E-state index contributed by atoms with van der Waals surface area (Å²) in [5.41, 5.74) is 2.18. The Kier molecular flexibility index (Phi) is 16.7. The van der Waals surface area contributed by atoms with E-state index >= 15 is 0 Å². The predicted octanol–water partition coefficient (Wildman–Crippen LogP) is 9.94. The molecule has 3 aromatic rings. The number of benzene rings is 3. The van der Waals surface area contributed by atoms with Gasteiger partial charge in [0.05, 0.1) is 32.3 Å². The Hall–Kier alpha value is -5.41. The number of piperidine rings is 3. The molecule has 324 valence electrons. The third kappa shape index (κ3) is 14.1. The first-order valence-corrected chi connectivity index (χ1v) is 18.7. The number of halogens is 9. The van der Waals surface area contributed by atoms with Crippen LogP contribution in [0.15, 0.2) is 59.1 Å². The fraction of sp³-hybridized carbons (Fsp3) is 0.432. The minimum atomic E-state index is -4.75. The number of amides is 3. The molecule has 0 aromatic heterocycles. The maximum absolute atomic E-state index is 13.6. The number of hydrogen-bond acceptors (Lipinski definition) is 8. The third-order valence-electron chi connectivity index (χ3n) is 8.84. The van der Waals surface area contributed by atoms with Crippen molar-refractivity contribution in [3.8, 4) is 0 Å². The first kappa shape index (κ1) is 48.0. The Morgan fingerprint density at radius 1 is 0.661 bits per heavy atom. The smallest absolute Gasteiger partial charge is 0.399 e. The lowest BCUT2D eigenvalue weighted by Crippen LogP contribution is -2.36. The van der Waals surface area contributed by atoms with Crippen molar-refractivity contribution in [1.82, 2.24) is 5.32 Å². The first-order valence-electron chi connectivity index (χ1n) is 17.9. The molecule has 3 aliphatic heterocycles. The van der Waals surface area contributed by atoms with Crippen LogP contribution in [0.5, 0.6) is 0 Å². The molecule has 59 heavy (non-hydrogen) atoms. The highest BCUT2D eigenvalue weighted by Crippen LogP contribution is 2.41. The van der Waals surface area contributed by atoms with Gasteiger partial charge in [0.15, 0.2) is 0 Å². The number of nitrogens with zero attached hydrogens (tertiary/aromatic N) is 4. The summed E-state index contributed by atoms with van der Waals surface area (Å²) in [6, 6.07) is 9.23. The van der Waals surface area contributed by atoms with Gasteiger partial charge in [0.25, 0.3) is 17.3 Å². The summed E-state index contributed by atoms with van der Waals surface area (Å²) >= 11 is 2.67. The molecule has 6 rings (SSSR count). The van der Waals surface area contributed by atoms with Crippen LogP contribution in [-0.4, -0.2) is 47.2 Å². The van der Waals surface area contributed by atoms with Gasteiger partial charge in [-0.2, -0.15) is 26.3 Å². The number of nitro groups is 2. The van der Waals surface area contributed by atoms with Gasteiger partial charge in [0.1, 0.15) is 0 Å². The van der Waals surface area contributed by atoms with Crippen molar-refractivity contribution in [2.75, 3.05) is 35.2 Å². The Balaban J connectivity index is 0.000000287. The Bertz CT molecular complexity index is 2010. The zero-order valence-electron chi connectivity index (χ0n) is 31.3. The number of rotatable bonds is 5. The number of hydrogen-bond donors (Lipinski definition) is 2. The highest BCUT2D eigenvalue weighted by atomic mass is 79.9. The third-order valence-corrected chi connectivity index (χ3v) is 9.53. The molecule has 0 spiro atoms. The summed E-state index contributed by atoms with van der Waals surface area (Å²) in [5.74, 6) is -3.29. The van der Waals surface area contributed by atoms with Crippen LogP contribution in [0.3, 0.4) is 0 Å². The highest BCUT2D eigenvalue weighted by molar-refractivity contribution is 9.10. The molecule has 0 saturated carbocycles. The van der Waals surface area contributed by atoms with E-state index < -0.39 is 56.5 Å². The Labute approximate surface area is 341 Å². The quantitative estimate of drug-likeness (QED) is 0.110. The minimum Gasteiger partial charge on any atom is -0.399 e. The molecule has 3 amide bonds. The second kappa shape index (κ2) is 20.5.